The molecule has 0 aliphatic carbocycles. The summed E-state index contributed by atoms with van der Waals surface area (Å²) >= 11 is 8.79. The molecule has 32 heavy (non-hydrogen) atoms. The molecule has 2 amide bonds. The molecule has 1 aliphatic rings. The smallest absolute Gasteiger partial charge is 0.270 e. The molecular formula is C24H25BrN2O4S. The average Bonchev–Trinajstić information content (AvgIpc) is 2.78. The second kappa shape index (κ2) is 10.3. The van der Waals surface area contributed by atoms with Crippen LogP contribution in [0, 0.1) is 0 Å². The molecule has 0 unspecified atom stereocenters. The number of nitrogens with zero attached hydrogens (tertiary/aromatic N) is 1. The molecule has 1 atom stereocenters. The molecule has 2 aromatic rings. The van der Waals surface area contributed by atoms with Crippen LogP contribution < -0.4 is 19.7 Å². The van der Waals surface area contributed by atoms with Crippen molar-refractivity contribution in [2.45, 2.75) is 39.7 Å². The number of anilines is 1. The highest BCUT2D eigenvalue weighted by molar-refractivity contribution is 9.10. The van der Waals surface area contributed by atoms with Crippen molar-refractivity contribution in [3.63, 3.8) is 0 Å². The Kier molecular flexibility index (Phi) is 7.69. The van der Waals surface area contributed by atoms with Crippen LogP contribution in [-0.4, -0.2) is 30.1 Å². The van der Waals surface area contributed by atoms with Gasteiger partial charge in [0.05, 0.1) is 23.4 Å². The third kappa shape index (κ3) is 5.02. The molecule has 1 saturated heterocycles. The summed E-state index contributed by atoms with van der Waals surface area (Å²) in [6.07, 6.45) is 3.25. The molecule has 1 N–H and O–H groups in total. The van der Waals surface area contributed by atoms with Gasteiger partial charge in [0.15, 0.2) is 16.6 Å². The zero-order valence-electron chi connectivity index (χ0n) is 18.4. The summed E-state index contributed by atoms with van der Waals surface area (Å²) in [4.78, 5) is 27.2. The van der Waals surface area contributed by atoms with E-state index in [1.807, 2.05) is 38.1 Å². The van der Waals surface area contributed by atoms with Gasteiger partial charge in [-0.25, -0.2) is 0 Å². The third-order valence-corrected chi connectivity index (χ3v) is 6.03. The molecular weight excluding hydrogens is 492 g/mol. The standard InChI is InChI=1S/C24H25BrN2O4S/c1-5-14(3)31-21-19(25)12-16(13-20(21)30-4)11-18-22(28)26-24(32)27(23(18)29)17-9-7-15(6-2)8-10-17/h7-14H,5-6H2,1-4H3,(H,26,28,32)/b18-11+/t14-/m1/s1. The van der Waals surface area contributed by atoms with Gasteiger partial charge >= 0.3 is 0 Å². The van der Waals surface area contributed by atoms with Gasteiger partial charge in [0.2, 0.25) is 0 Å². The van der Waals surface area contributed by atoms with Crippen LogP contribution in [0.4, 0.5) is 5.69 Å². The number of nitrogens with one attached hydrogen (secondary N) is 1. The molecule has 0 saturated carbocycles. The fraction of sp³-hybridized carbons (Fsp3) is 0.292. The third-order valence-electron chi connectivity index (χ3n) is 5.16. The average molecular weight is 517 g/mol. The van der Waals surface area contributed by atoms with Crippen molar-refractivity contribution in [1.29, 1.82) is 0 Å². The molecule has 0 spiro atoms. The molecule has 6 nitrogen and oxygen atoms in total. The lowest BCUT2D eigenvalue weighted by molar-refractivity contribution is -0.122. The van der Waals surface area contributed by atoms with Gasteiger partial charge < -0.3 is 9.47 Å². The van der Waals surface area contributed by atoms with Crippen molar-refractivity contribution in [1.82, 2.24) is 5.32 Å². The number of methoxy groups -OCH3 is 1. The summed E-state index contributed by atoms with van der Waals surface area (Å²) in [6.45, 7) is 6.05. The molecule has 0 bridgehead atoms. The van der Waals surface area contributed by atoms with Crippen molar-refractivity contribution in [2.75, 3.05) is 12.0 Å². The van der Waals surface area contributed by atoms with Gasteiger partial charge in [-0.05, 0) is 89.4 Å². The summed E-state index contributed by atoms with van der Waals surface area (Å²) in [7, 11) is 1.54. The van der Waals surface area contributed by atoms with Gasteiger partial charge in [0.1, 0.15) is 5.57 Å². The lowest BCUT2D eigenvalue weighted by atomic mass is 10.1. The molecule has 8 heteroatoms. The summed E-state index contributed by atoms with van der Waals surface area (Å²) in [5.41, 5.74) is 2.32. The fourth-order valence-corrected chi connectivity index (χ4v) is 4.00. The summed E-state index contributed by atoms with van der Waals surface area (Å²) < 4.78 is 12.1. The summed E-state index contributed by atoms with van der Waals surface area (Å²) in [6, 6.07) is 11.0. The SMILES string of the molecule is CCc1ccc(N2C(=O)/C(=C/c3cc(Br)c(O[C@H](C)CC)c(OC)c3)C(=O)NC2=S)cc1. The van der Waals surface area contributed by atoms with Crippen molar-refractivity contribution >= 4 is 56.8 Å². The minimum absolute atomic E-state index is 0.00349. The van der Waals surface area contributed by atoms with Crippen LogP contribution in [-0.2, 0) is 16.0 Å². The normalized spacial score (nSPS) is 16.2. The van der Waals surface area contributed by atoms with Crippen molar-refractivity contribution in [3.05, 3.63) is 57.6 Å². The number of benzene rings is 2. The minimum Gasteiger partial charge on any atom is -0.493 e. The van der Waals surface area contributed by atoms with E-state index in [4.69, 9.17) is 21.7 Å². The quantitative estimate of drug-likeness (QED) is 0.317. The van der Waals surface area contributed by atoms with E-state index in [0.29, 0.717) is 27.2 Å². The van der Waals surface area contributed by atoms with E-state index >= 15 is 0 Å². The van der Waals surface area contributed by atoms with Gasteiger partial charge in [0, 0.05) is 0 Å². The van der Waals surface area contributed by atoms with Crippen molar-refractivity contribution in [2.24, 2.45) is 0 Å². The Hall–Kier alpha value is -2.71. The maximum absolute atomic E-state index is 13.2. The lowest BCUT2D eigenvalue weighted by Gasteiger charge is -2.29. The molecule has 0 aromatic heterocycles. The highest BCUT2D eigenvalue weighted by atomic mass is 79.9. The van der Waals surface area contributed by atoms with Crippen LogP contribution in [0.5, 0.6) is 11.5 Å². The van der Waals surface area contributed by atoms with E-state index < -0.39 is 11.8 Å². The summed E-state index contributed by atoms with van der Waals surface area (Å²) in [5, 5.41) is 2.66. The molecule has 1 heterocycles. The van der Waals surface area contributed by atoms with Gasteiger partial charge in [-0.3, -0.25) is 19.8 Å². The highest BCUT2D eigenvalue weighted by Gasteiger charge is 2.34. The van der Waals surface area contributed by atoms with E-state index in [2.05, 4.69) is 28.2 Å². The highest BCUT2D eigenvalue weighted by Crippen LogP contribution is 2.38. The van der Waals surface area contributed by atoms with E-state index in [1.54, 1.807) is 19.2 Å². The number of carbonyl (C=O) groups is 2. The Morgan fingerprint density at radius 1 is 1.19 bits per heavy atom. The van der Waals surface area contributed by atoms with E-state index in [9.17, 15) is 9.59 Å². The number of halogens is 1. The topological polar surface area (TPSA) is 67.9 Å². The number of carbonyl (C=O) groups excluding carboxylic acids is 2. The Balaban J connectivity index is 1.99. The lowest BCUT2D eigenvalue weighted by Crippen LogP contribution is -2.54. The van der Waals surface area contributed by atoms with Crippen LogP contribution in [0.2, 0.25) is 0 Å². The molecule has 3 rings (SSSR count). The minimum atomic E-state index is -0.545. The van der Waals surface area contributed by atoms with Crippen LogP contribution in [0.1, 0.15) is 38.3 Å². The largest absolute Gasteiger partial charge is 0.493 e. The first-order chi connectivity index (χ1) is 15.3. The number of hydrogen-bond donors (Lipinski definition) is 1. The second-order valence-corrected chi connectivity index (χ2v) is 8.59. The van der Waals surface area contributed by atoms with Gasteiger partial charge in [-0.15, -0.1) is 0 Å². The molecule has 168 valence electrons. The number of thiocarbonyl (C=S) groups is 1. The maximum atomic E-state index is 13.2. The van der Waals surface area contributed by atoms with Crippen LogP contribution in [0.3, 0.4) is 0 Å². The van der Waals surface area contributed by atoms with E-state index in [0.717, 1.165) is 18.4 Å². The monoisotopic (exact) mass is 516 g/mol. The second-order valence-electron chi connectivity index (χ2n) is 7.35. The Bertz CT molecular complexity index is 1080. The van der Waals surface area contributed by atoms with Gasteiger partial charge in [-0.2, -0.15) is 0 Å². The zero-order chi connectivity index (χ0) is 23.4. The predicted molar refractivity (Wildman–Crippen MR) is 133 cm³/mol. The first-order valence-corrected chi connectivity index (χ1v) is 11.5. The molecule has 2 aromatic carbocycles. The fourth-order valence-electron chi connectivity index (χ4n) is 3.16. The van der Waals surface area contributed by atoms with E-state index in [-0.39, 0.29) is 16.8 Å². The molecule has 1 fully saturated rings. The number of aryl methyl sites for hydroxylation is 1. The predicted octanol–water partition coefficient (Wildman–Crippen LogP) is 5.03. The van der Waals surface area contributed by atoms with Crippen molar-refractivity contribution in [3.8, 4) is 11.5 Å². The van der Waals surface area contributed by atoms with Crippen LogP contribution >= 0.6 is 28.1 Å². The van der Waals surface area contributed by atoms with Gasteiger partial charge in [-0.1, -0.05) is 26.0 Å². The molecule has 0 radical (unpaired) electrons. The maximum Gasteiger partial charge on any atom is 0.270 e. The summed E-state index contributed by atoms with van der Waals surface area (Å²) in [5.74, 6) is 0.0365. The van der Waals surface area contributed by atoms with Crippen molar-refractivity contribution < 1.29 is 19.1 Å². The van der Waals surface area contributed by atoms with Crippen LogP contribution in [0.25, 0.3) is 6.08 Å². The van der Waals surface area contributed by atoms with Gasteiger partial charge in [0.25, 0.3) is 11.8 Å². The van der Waals surface area contributed by atoms with E-state index in [1.165, 1.54) is 11.0 Å². The Morgan fingerprint density at radius 3 is 2.47 bits per heavy atom. The number of amides is 2. The Morgan fingerprint density at radius 2 is 1.88 bits per heavy atom. The number of rotatable bonds is 7. The number of ether oxygens (including phenoxy) is 2. The zero-order valence-corrected chi connectivity index (χ0v) is 20.8. The first kappa shape index (κ1) is 23.9. The van der Waals surface area contributed by atoms with Crippen LogP contribution in [0.15, 0.2) is 46.4 Å². The first-order valence-electron chi connectivity index (χ1n) is 10.3. The molecule has 1 aliphatic heterocycles. The number of hydrogen-bond acceptors (Lipinski definition) is 5. The Labute approximate surface area is 201 Å².